The fraction of sp³-hybridized carbons (Fsp3) is 0.350. The van der Waals surface area contributed by atoms with Gasteiger partial charge in [-0.05, 0) is 35.7 Å². The molecule has 0 radical (unpaired) electrons. The lowest BCUT2D eigenvalue weighted by atomic mass is 10.1. The molecule has 2 aromatic carbocycles. The molecule has 1 heterocycles. The molecule has 162 valence electrons. The fourth-order valence-corrected chi connectivity index (χ4v) is 5.01. The van der Waals surface area contributed by atoms with Gasteiger partial charge in [-0.15, -0.1) is 0 Å². The van der Waals surface area contributed by atoms with Gasteiger partial charge in [-0.2, -0.15) is 4.31 Å². The standard InChI is InChI=1S/C20H25N3O5S2/c1-21(2)30(27,28)17-10-11-18-16(14-17)12-13-23(18)20(24)19(22(3)29(4,25)26)15-8-6-5-7-9-15/h5-11,14,19H,12-13H2,1-4H3. The molecule has 2 aromatic rings. The highest BCUT2D eigenvalue weighted by Gasteiger charge is 2.37. The summed E-state index contributed by atoms with van der Waals surface area (Å²) in [5.74, 6) is -0.379. The molecular formula is C20H25N3O5S2. The van der Waals surface area contributed by atoms with E-state index in [-0.39, 0.29) is 10.8 Å². The van der Waals surface area contributed by atoms with Gasteiger partial charge in [-0.1, -0.05) is 30.3 Å². The first-order valence-electron chi connectivity index (χ1n) is 9.29. The molecule has 10 heteroatoms. The first kappa shape index (κ1) is 22.4. The minimum atomic E-state index is -3.64. The van der Waals surface area contributed by atoms with Crippen molar-refractivity contribution in [1.82, 2.24) is 8.61 Å². The first-order valence-corrected chi connectivity index (χ1v) is 12.6. The van der Waals surface area contributed by atoms with E-state index >= 15 is 0 Å². The van der Waals surface area contributed by atoms with Gasteiger partial charge in [0.1, 0.15) is 6.04 Å². The normalized spacial score (nSPS) is 15.5. The van der Waals surface area contributed by atoms with Crippen molar-refractivity contribution < 1.29 is 21.6 Å². The molecule has 1 aliphatic heterocycles. The molecular weight excluding hydrogens is 426 g/mol. The maximum atomic E-state index is 13.5. The zero-order valence-electron chi connectivity index (χ0n) is 17.3. The Kier molecular flexibility index (Phi) is 6.06. The van der Waals surface area contributed by atoms with Gasteiger partial charge < -0.3 is 4.90 Å². The number of likely N-dealkylation sites (N-methyl/N-ethyl adjacent to an activating group) is 1. The van der Waals surface area contributed by atoms with Gasteiger partial charge >= 0.3 is 0 Å². The highest BCUT2D eigenvalue weighted by Crippen LogP contribution is 2.34. The van der Waals surface area contributed by atoms with Crippen LogP contribution >= 0.6 is 0 Å². The summed E-state index contributed by atoms with van der Waals surface area (Å²) in [6.07, 6.45) is 1.55. The smallest absolute Gasteiger partial charge is 0.249 e. The third-order valence-corrected chi connectivity index (χ3v) is 8.30. The number of nitrogens with zero attached hydrogens (tertiary/aromatic N) is 3. The number of sulfonamides is 2. The zero-order chi connectivity index (χ0) is 22.3. The molecule has 0 aromatic heterocycles. The molecule has 0 N–H and O–H groups in total. The van der Waals surface area contributed by atoms with Gasteiger partial charge in [0.2, 0.25) is 26.0 Å². The predicted octanol–water partition coefficient (Wildman–Crippen LogP) is 1.46. The lowest BCUT2D eigenvalue weighted by molar-refractivity contribution is -0.122. The van der Waals surface area contributed by atoms with Crippen molar-refractivity contribution >= 4 is 31.6 Å². The van der Waals surface area contributed by atoms with Gasteiger partial charge in [0.05, 0.1) is 11.2 Å². The van der Waals surface area contributed by atoms with E-state index in [1.165, 1.54) is 32.1 Å². The van der Waals surface area contributed by atoms with Crippen molar-refractivity contribution in [1.29, 1.82) is 0 Å². The van der Waals surface area contributed by atoms with Gasteiger partial charge in [0, 0.05) is 33.4 Å². The molecule has 8 nitrogen and oxygen atoms in total. The Morgan fingerprint density at radius 2 is 1.63 bits per heavy atom. The summed E-state index contributed by atoms with van der Waals surface area (Å²) in [4.78, 5) is 15.2. The number of benzene rings is 2. The third kappa shape index (κ3) is 4.13. The van der Waals surface area contributed by atoms with E-state index in [0.717, 1.165) is 20.4 Å². The van der Waals surface area contributed by atoms with Gasteiger partial charge in [-0.3, -0.25) is 4.79 Å². The Balaban J connectivity index is 2.01. The van der Waals surface area contributed by atoms with Crippen LogP contribution in [-0.2, 0) is 31.3 Å². The minimum Gasteiger partial charge on any atom is -0.310 e. The third-order valence-electron chi connectivity index (χ3n) is 5.23. The summed E-state index contributed by atoms with van der Waals surface area (Å²) in [5, 5.41) is 0. The van der Waals surface area contributed by atoms with Crippen LogP contribution in [0.25, 0.3) is 0 Å². The van der Waals surface area contributed by atoms with Crippen LogP contribution in [0.15, 0.2) is 53.4 Å². The average Bonchev–Trinajstić information content (AvgIpc) is 3.11. The Bertz CT molecular complexity index is 1160. The highest BCUT2D eigenvalue weighted by atomic mass is 32.2. The minimum absolute atomic E-state index is 0.161. The first-order chi connectivity index (χ1) is 13.9. The monoisotopic (exact) mass is 451 g/mol. The van der Waals surface area contributed by atoms with Crippen LogP contribution in [0.3, 0.4) is 0 Å². The Morgan fingerprint density at radius 3 is 2.20 bits per heavy atom. The molecule has 1 atom stereocenters. The second-order valence-electron chi connectivity index (χ2n) is 7.41. The number of hydrogen-bond acceptors (Lipinski definition) is 5. The molecule has 0 spiro atoms. The lowest BCUT2D eigenvalue weighted by Crippen LogP contribution is -2.43. The Morgan fingerprint density at radius 1 is 1.00 bits per heavy atom. The fourth-order valence-electron chi connectivity index (χ4n) is 3.46. The predicted molar refractivity (Wildman–Crippen MR) is 115 cm³/mol. The zero-order valence-corrected chi connectivity index (χ0v) is 18.9. The van der Waals surface area contributed by atoms with Crippen LogP contribution in [0.4, 0.5) is 5.69 Å². The van der Waals surface area contributed by atoms with Crippen LogP contribution in [0, 0.1) is 0 Å². The van der Waals surface area contributed by atoms with E-state index in [4.69, 9.17) is 0 Å². The molecule has 1 amide bonds. The summed E-state index contributed by atoms with van der Waals surface area (Å²) in [5.41, 5.74) is 1.90. The van der Waals surface area contributed by atoms with Crippen LogP contribution in [0.2, 0.25) is 0 Å². The topological polar surface area (TPSA) is 95.1 Å². The summed E-state index contributed by atoms with van der Waals surface area (Å²) in [6, 6.07) is 12.4. The van der Waals surface area contributed by atoms with Crippen LogP contribution in [0.5, 0.6) is 0 Å². The van der Waals surface area contributed by atoms with Crippen molar-refractivity contribution in [2.24, 2.45) is 0 Å². The second kappa shape index (κ2) is 8.10. The SMILES string of the molecule is CN(C(C(=O)N1CCc2cc(S(=O)(=O)N(C)C)ccc21)c1ccccc1)S(C)(=O)=O. The Labute approximate surface area is 177 Å². The molecule has 1 unspecified atom stereocenters. The Hall–Kier alpha value is -2.27. The van der Waals surface area contributed by atoms with Crippen molar-refractivity contribution in [2.45, 2.75) is 17.4 Å². The maximum Gasteiger partial charge on any atom is 0.249 e. The molecule has 30 heavy (non-hydrogen) atoms. The molecule has 1 aliphatic rings. The summed E-state index contributed by atoms with van der Waals surface area (Å²) in [6.45, 7) is 0.348. The molecule has 0 saturated heterocycles. The highest BCUT2D eigenvalue weighted by molar-refractivity contribution is 7.89. The molecule has 0 fully saturated rings. The van der Waals surface area contributed by atoms with Crippen LogP contribution < -0.4 is 4.90 Å². The largest absolute Gasteiger partial charge is 0.310 e. The van der Waals surface area contributed by atoms with Crippen molar-refractivity contribution in [3.63, 3.8) is 0 Å². The quantitative estimate of drug-likeness (QED) is 0.663. The number of anilines is 1. The molecule has 3 rings (SSSR count). The molecule has 0 aliphatic carbocycles. The number of rotatable bonds is 6. The maximum absolute atomic E-state index is 13.5. The average molecular weight is 452 g/mol. The number of fused-ring (bicyclic) bond motifs is 1. The summed E-state index contributed by atoms with van der Waals surface area (Å²) < 4.78 is 51.5. The van der Waals surface area contributed by atoms with Crippen molar-refractivity contribution in [3.05, 3.63) is 59.7 Å². The van der Waals surface area contributed by atoms with E-state index in [1.54, 1.807) is 42.5 Å². The van der Waals surface area contributed by atoms with Crippen LogP contribution in [0.1, 0.15) is 17.2 Å². The molecule has 0 bridgehead atoms. The molecule has 0 saturated carbocycles. The van der Waals surface area contributed by atoms with E-state index in [0.29, 0.717) is 24.2 Å². The van der Waals surface area contributed by atoms with Crippen molar-refractivity contribution in [3.8, 4) is 0 Å². The second-order valence-corrected chi connectivity index (χ2v) is 11.6. The van der Waals surface area contributed by atoms with E-state index < -0.39 is 26.1 Å². The lowest BCUT2D eigenvalue weighted by Gasteiger charge is -2.30. The van der Waals surface area contributed by atoms with Gasteiger partial charge in [0.25, 0.3) is 0 Å². The van der Waals surface area contributed by atoms with E-state index in [2.05, 4.69) is 0 Å². The number of hydrogen-bond donors (Lipinski definition) is 0. The number of carbonyl (C=O) groups is 1. The van der Waals surface area contributed by atoms with Gasteiger partial charge in [-0.25, -0.2) is 21.1 Å². The summed E-state index contributed by atoms with van der Waals surface area (Å²) >= 11 is 0. The number of carbonyl (C=O) groups excluding carboxylic acids is 1. The van der Waals surface area contributed by atoms with E-state index in [9.17, 15) is 21.6 Å². The summed E-state index contributed by atoms with van der Waals surface area (Å²) in [7, 11) is -2.91. The van der Waals surface area contributed by atoms with Crippen LogP contribution in [-0.4, -0.2) is 65.3 Å². The number of amides is 1. The van der Waals surface area contributed by atoms with Crippen molar-refractivity contribution in [2.75, 3.05) is 38.8 Å². The van der Waals surface area contributed by atoms with E-state index in [1.807, 2.05) is 0 Å². The van der Waals surface area contributed by atoms with Gasteiger partial charge in [0.15, 0.2) is 0 Å².